The standard InChI is InChI=1S/C32H56N8.2CN.Co.Na.H/c1-2-10-18-17(9-1)25-33-26(18)38-28-21-13-5-6-14-22(21)30(35-28)40-32-24-16-8-7-15-23(24)31(36-32)39-29-20-12-4-3-11-19(20)27(34-29)37-25;2*1-2;;;/h17-40H,1-16H2;;;;;/q;2*-1;+2;+1;-1. The molecule has 9 fully saturated rings. The maximum absolute atomic E-state index is 6.25. The smallest absolute Gasteiger partial charge is 1.00 e. The van der Waals surface area contributed by atoms with Gasteiger partial charge in [-0.25, -0.2) is 0 Å². The van der Waals surface area contributed by atoms with Crippen LogP contribution >= 0.6 is 0 Å². The van der Waals surface area contributed by atoms with Crippen molar-refractivity contribution >= 4 is 0 Å². The summed E-state index contributed by atoms with van der Waals surface area (Å²) in [7, 11) is 0. The van der Waals surface area contributed by atoms with E-state index >= 15 is 0 Å². The Morgan fingerprint density at radius 3 is 0.522 bits per heavy atom. The van der Waals surface area contributed by atoms with Crippen LogP contribution in [0.5, 0.6) is 0 Å². The van der Waals surface area contributed by atoms with Gasteiger partial charge in [-0.15, -0.1) is 0 Å². The van der Waals surface area contributed by atoms with Crippen molar-refractivity contribution in [2.45, 2.75) is 152 Å². The molecule has 12 heteroatoms. The molecule has 9 rings (SSSR count). The Morgan fingerprint density at radius 1 is 0.304 bits per heavy atom. The van der Waals surface area contributed by atoms with Gasteiger partial charge in [0.1, 0.15) is 0 Å². The summed E-state index contributed by atoms with van der Waals surface area (Å²) in [5, 5.41) is 46.3. The van der Waals surface area contributed by atoms with Gasteiger partial charge in [-0.1, -0.05) is 51.4 Å². The van der Waals surface area contributed by atoms with E-state index in [9.17, 15) is 0 Å². The van der Waals surface area contributed by atoms with Crippen LogP contribution in [0, 0.1) is 71.0 Å². The number of nitrogens with one attached hydrogen (secondary N) is 8. The van der Waals surface area contributed by atoms with Crippen LogP contribution in [0.4, 0.5) is 0 Å². The molecule has 4 aliphatic carbocycles. The van der Waals surface area contributed by atoms with Gasteiger partial charge in [-0.05, 0) is 98.7 Å². The number of fused-ring (bicyclic) bond motifs is 20. The number of hydrogen-bond donors (Lipinski definition) is 8. The summed E-state index contributed by atoms with van der Waals surface area (Å²) in [5.74, 6) is 5.97. The summed E-state index contributed by atoms with van der Waals surface area (Å²) in [4.78, 5) is 0. The molecule has 9 aliphatic rings. The minimum atomic E-state index is 0. The van der Waals surface area contributed by atoms with E-state index < -0.39 is 0 Å². The first kappa shape index (κ1) is 37.4. The number of hydrogen-bond acceptors (Lipinski definition) is 10. The van der Waals surface area contributed by atoms with Crippen LogP contribution in [0.15, 0.2) is 0 Å². The Balaban J connectivity index is 0.000000690. The molecule has 10 nitrogen and oxygen atoms in total. The van der Waals surface area contributed by atoms with Gasteiger partial charge in [0.15, 0.2) is 0 Å². The third kappa shape index (κ3) is 7.03. The molecule has 4 saturated carbocycles. The van der Waals surface area contributed by atoms with E-state index in [1.54, 1.807) is 0 Å². The zero-order chi connectivity index (χ0) is 30.2. The number of nitrogens with zero attached hydrogens (tertiary/aromatic N) is 2. The molecule has 8 bridgehead atoms. The first-order chi connectivity index (χ1) is 21.8. The summed E-state index contributed by atoms with van der Waals surface area (Å²) in [6, 6.07) is 0. The van der Waals surface area contributed by atoms with Crippen molar-refractivity contribution in [3.05, 3.63) is 13.1 Å². The molecule has 0 aromatic carbocycles. The maximum Gasteiger partial charge on any atom is 2.00 e. The fourth-order valence-corrected chi connectivity index (χ4v) is 12.0. The summed E-state index contributed by atoms with van der Waals surface area (Å²) in [6.45, 7) is 9.50. The maximum atomic E-state index is 6.25. The Morgan fingerprint density at radius 2 is 0.413 bits per heavy atom. The molecular weight excluding hydrogens is 630 g/mol. The Labute approximate surface area is 311 Å². The molecular formula is C34H57CoN10Na. The molecule has 5 aliphatic heterocycles. The molecule has 8 unspecified atom stereocenters. The van der Waals surface area contributed by atoms with Gasteiger partial charge >= 0.3 is 46.3 Å². The fraction of sp³-hybridized carbons (Fsp3) is 0.941. The van der Waals surface area contributed by atoms with Gasteiger partial charge in [0.05, 0.1) is 49.3 Å². The molecule has 0 amide bonds. The van der Waals surface area contributed by atoms with Crippen LogP contribution in [0.3, 0.4) is 0 Å². The molecule has 8 atom stereocenters. The monoisotopic (exact) mass is 687 g/mol. The third-order valence-corrected chi connectivity index (χ3v) is 13.8. The van der Waals surface area contributed by atoms with Crippen molar-refractivity contribution < 1.29 is 47.8 Å². The van der Waals surface area contributed by atoms with Gasteiger partial charge in [-0.3, -0.25) is 42.5 Å². The average molecular weight is 688 g/mol. The summed E-state index contributed by atoms with van der Waals surface area (Å²) in [5.41, 5.74) is 0. The Kier molecular flexibility index (Phi) is 13.8. The Bertz CT molecular complexity index is 812. The minimum absolute atomic E-state index is 0. The van der Waals surface area contributed by atoms with Crippen LogP contribution in [0.25, 0.3) is 0 Å². The average Bonchev–Trinajstić information content (AvgIpc) is 3.82. The van der Waals surface area contributed by atoms with Crippen molar-refractivity contribution in [1.82, 2.24) is 42.5 Å². The fourth-order valence-electron chi connectivity index (χ4n) is 12.0. The molecule has 5 saturated heterocycles. The zero-order valence-corrected chi connectivity index (χ0v) is 30.8. The van der Waals surface area contributed by atoms with E-state index in [-0.39, 0.29) is 47.8 Å². The first-order valence-electron chi connectivity index (χ1n) is 18.3. The van der Waals surface area contributed by atoms with Crippen LogP contribution in [0.2, 0.25) is 0 Å². The molecule has 0 aromatic rings. The summed E-state index contributed by atoms with van der Waals surface area (Å²) >= 11 is 0. The van der Waals surface area contributed by atoms with E-state index in [1.807, 2.05) is 0 Å². The van der Waals surface area contributed by atoms with Crippen LogP contribution in [-0.2, 0) is 16.8 Å². The topological polar surface area (TPSA) is 144 Å². The van der Waals surface area contributed by atoms with Crippen LogP contribution < -0.4 is 72.1 Å². The molecule has 5 heterocycles. The molecule has 1 radical (unpaired) electrons. The van der Waals surface area contributed by atoms with Crippen LogP contribution in [-0.4, -0.2) is 49.3 Å². The van der Waals surface area contributed by atoms with E-state index in [1.165, 1.54) is 103 Å². The van der Waals surface area contributed by atoms with E-state index in [2.05, 4.69) is 42.5 Å². The summed E-state index contributed by atoms with van der Waals surface area (Å²) < 4.78 is 0. The zero-order valence-electron chi connectivity index (χ0n) is 28.8. The molecule has 0 aromatic heterocycles. The van der Waals surface area contributed by atoms with Gasteiger partial charge in [-0.2, -0.15) is 0 Å². The third-order valence-electron chi connectivity index (χ3n) is 13.8. The number of rotatable bonds is 0. The Hall–Kier alpha value is 0.166. The molecule has 8 N–H and O–H groups in total. The minimum Gasteiger partial charge on any atom is -1.00 e. The molecule has 46 heavy (non-hydrogen) atoms. The van der Waals surface area contributed by atoms with Crippen LogP contribution in [0.1, 0.15) is 104 Å². The second-order valence-corrected chi connectivity index (χ2v) is 15.6. The van der Waals surface area contributed by atoms with Crippen molar-refractivity contribution in [1.29, 1.82) is 10.5 Å². The van der Waals surface area contributed by atoms with Gasteiger partial charge in [0.25, 0.3) is 0 Å². The SMILES string of the molecule is C1CCC2C3NC(NC4NC(NC5NC(NC6NC(N3)C3CCCCC63)C3CCCCC53)C3CCCCC43)C2C1.[C-]#N.[C-]#N.[Co+2].[H-].[Na+]. The first-order valence-corrected chi connectivity index (χ1v) is 18.3. The predicted molar refractivity (Wildman–Crippen MR) is 168 cm³/mol. The van der Waals surface area contributed by atoms with E-state index in [4.69, 9.17) is 23.7 Å². The van der Waals surface area contributed by atoms with Crippen molar-refractivity contribution in [3.63, 3.8) is 0 Å². The van der Waals surface area contributed by atoms with E-state index in [0.717, 1.165) is 47.3 Å². The predicted octanol–water partition coefficient (Wildman–Crippen LogP) is -0.0877. The molecule has 0 spiro atoms. The van der Waals surface area contributed by atoms with Gasteiger partial charge < -0.3 is 25.1 Å². The van der Waals surface area contributed by atoms with E-state index in [0.29, 0.717) is 49.3 Å². The van der Waals surface area contributed by atoms with Gasteiger partial charge in [0, 0.05) is 0 Å². The van der Waals surface area contributed by atoms with Gasteiger partial charge in [0.2, 0.25) is 0 Å². The summed E-state index contributed by atoms with van der Waals surface area (Å²) in [6.07, 6.45) is 25.6. The molecule has 253 valence electrons. The largest absolute Gasteiger partial charge is 2.00 e. The van der Waals surface area contributed by atoms with Crippen molar-refractivity contribution in [2.75, 3.05) is 0 Å². The van der Waals surface area contributed by atoms with Crippen molar-refractivity contribution in [3.8, 4) is 0 Å². The normalized spacial score (nSPS) is 50.2. The second kappa shape index (κ2) is 16.9. The quantitative estimate of drug-likeness (QED) is 0.129. The van der Waals surface area contributed by atoms with Crippen molar-refractivity contribution in [2.24, 2.45) is 47.3 Å². The second-order valence-electron chi connectivity index (χ2n) is 15.6.